The van der Waals surface area contributed by atoms with Gasteiger partial charge in [-0.3, -0.25) is 0 Å². The van der Waals surface area contributed by atoms with Crippen molar-refractivity contribution in [3.8, 4) is 0 Å². The van der Waals surface area contributed by atoms with Crippen LogP contribution in [0.3, 0.4) is 0 Å². The second kappa shape index (κ2) is 12.2. The SMILES string of the molecule is C=CC1CCC(C(=O)OC(C)(C)C)N(C(=O)OCc2ccccc2)C(C[Se](=O)c2ccccc2)O1. The first-order chi connectivity index (χ1) is 16.7. The van der Waals surface area contributed by atoms with E-state index in [1.165, 1.54) is 4.90 Å². The van der Waals surface area contributed by atoms with E-state index >= 15 is 0 Å². The number of carbonyl (C=O) groups excluding carboxylic acids is 2. The fourth-order valence-electron chi connectivity index (χ4n) is 3.73. The third-order valence-electron chi connectivity index (χ3n) is 5.36. The van der Waals surface area contributed by atoms with Crippen LogP contribution in [0.25, 0.3) is 0 Å². The van der Waals surface area contributed by atoms with Gasteiger partial charge in [0, 0.05) is 0 Å². The summed E-state index contributed by atoms with van der Waals surface area (Å²) >= 11 is -2.60. The van der Waals surface area contributed by atoms with Gasteiger partial charge in [-0.1, -0.05) is 0 Å². The summed E-state index contributed by atoms with van der Waals surface area (Å²) in [5.41, 5.74) is 0.0706. The van der Waals surface area contributed by atoms with Gasteiger partial charge in [-0.05, 0) is 0 Å². The van der Waals surface area contributed by atoms with Crippen molar-refractivity contribution in [2.75, 3.05) is 0 Å². The molecule has 4 atom stereocenters. The van der Waals surface area contributed by atoms with E-state index in [2.05, 4.69) is 6.58 Å². The first-order valence-corrected chi connectivity index (χ1v) is 14.4. The first-order valence-electron chi connectivity index (χ1n) is 11.6. The van der Waals surface area contributed by atoms with Crippen molar-refractivity contribution in [2.45, 2.75) is 69.5 Å². The van der Waals surface area contributed by atoms with Crippen LogP contribution in [0.1, 0.15) is 39.2 Å². The Balaban J connectivity index is 1.92. The second-order valence-electron chi connectivity index (χ2n) is 9.26. The quantitative estimate of drug-likeness (QED) is 0.292. The minimum atomic E-state index is -2.60. The van der Waals surface area contributed by atoms with Gasteiger partial charge >= 0.3 is 211 Å². The number of benzene rings is 2. The van der Waals surface area contributed by atoms with Crippen LogP contribution in [0, 0.1) is 0 Å². The van der Waals surface area contributed by atoms with Crippen LogP contribution >= 0.6 is 0 Å². The molecule has 188 valence electrons. The molecule has 3 rings (SSSR count). The number of amides is 1. The number of nitrogens with zero attached hydrogens (tertiary/aromatic N) is 1. The van der Waals surface area contributed by atoms with Crippen molar-refractivity contribution in [1.82, 2.24) is 4.90 Å². The normalized spacial score (nSPS) is 21.5. The minimum absolute atomic E-state index is 0.0323. The molecule has 4 unspecified atom stereocenters. The summed E-state index contributed by atoms with van der Waals surface area (Å²) in [6.07, 6.45) is 0.334. The number of carbonyl (C=O) groups is 2. The molecule has 1 aliphatic heterocycles. The molecule has 0 aromatic heterocycles. The van der Waals surface area contributed by atoms with E-state index in [0.717, 1.165) is 5.56 Å². The zero-order valence-corrected chi connectivity index (χ0v) is 22.1. The van der Waals surface area contributed by atoms with E-state index < -0.39 is 49.9 Å². The molecule has 0 spiro atoms. The summed E-state index contributed by atoms with van der Waals surface area (Å²) < 4.78 is 31.4. The first kappa shape index (κ1) is 26.8. The summed E-state index contributed by atoms with van der Waals surface area (Å²) in [4.78, 5) is 27.9. The predicted molar refractivity (Wildman–Crippen MR) is 134 cm³/mol. The Morgan fingerprint density at radius 2 is 1.71 bits per heavy atom. The van der Waals surface area contributed by atoms with Crippen molar-refractivity contribution in [3.05, 3.63) is 78.9 Å². The van der Waals surface area contributed by atoms with Crippen LogP contribution in [0.4, 0.5) is 4.79 Å². The Morgan fingerprint density at radius 3 is 2.31 bits per heavy atom. The van der Waals surface area contributed by atoms with Gasteiger partial charge in [0.1, 0.15) is 0 Å². The number of esters is 1. The van der Waals surface area contributed by atoms with E-state index in [-0.39, 0.29) is 11.9 Å². The molecule has 0 bridgehead atoms. The van der Waals surface area contributed by atoms with Gasteiger partial charge in [-0.25, -0.2) is 0 Å². The maximum atomic E-state index is 13.4. The van der Waals surface area contributed by atoms with Gasteiger partial charge in [-0.15, -0.1) is 0 Å². The number of hydrogen-bond donors (Lipinski definition) is 0. The molecule has 1 fully saturated rings. The maximum absolute atomic E-state index is 13.4. The molecule has 0 radical (unpaired) electrons. The molecule has 1 amide bonds. The number of rotatable bonds is 7. The molecular formula is C27H33NO6Se. The average molecular weight is 547 g/mol. The molecule has 2 aromatic rings. The van der Waals surface area contributed by atoms with Gasteiger partial charge in [-0.2, -0.15) is 0 Å². The molecular weight excluding hydrogens is 513 g/mol. The molecule has 1 aliphatic rings. The van der Waals surface area contributed by atoms with E-state index in [9.17, 15) is 13.4 Å². The van der Waals surface area contributed by atoms with Crippen molar-refractivity contribution in [1.29, 1.82) is 0 Å². The summed E-state index contributed by atoms with van der Waals surface area (Å²) in [5.74, 6) is -0.547. The van der Waals surface area contributed by atoms with Gasteiger partial charge < -0.3 is 0 Å². The van der Waals surface area contributed by atoms with Gasteiger partial charge in [0.15, 0.2) is 0 Å². The summed E-state index contributed by atoms with van der Waals surface area (Å²) in [6.45, 7) is 9.18. The fraction of sp³-hybridized carbons (Fsp3) is 0.407. The van der Waals surface area contributed by atoms with Gasteiger partial charge in [0.2, 0.25) is 0 Å². The topological polar surface area (TPSA) is 82.1 Å². The van der Waals surface area contributed by atoms with Crippen molar-refractivity contribution >= 4 is 30.4 Å². The monoisotopic (exact) mass is 547 g/mol. The van der Waals surface area contributed by atoms with Gasteiger partial charge in [0.05, 0.1) is 0 Å². The van der Waals surface area contributed by atoms with Crippen LogP contribution in [-0.2, 0) is 29.4 Å². The van der Waals surface area contributed by atoms with Crippen LogP contribution < -0.4 is 4.46 Å². The van der Waals surface area contributed by atoms with Crippen LogP contribution in [0.5, 0.6) is 0 Å². The standard InChI is InChI=1S/C27H33NO6Se/c1-5-21-16-17-23(25(29)34-27(2,3)4)28(26(30)32-18-20-12-8-6-9-13-20)24(33-21)19-35(31)22-14-10-7-11-15-22/h5-15,21,23-24H,1,16-19H2,2-4H3. The predicted octanol–water partition coefficient (Wildman–Crippen LogP) is 4.36. The molecule has 7 nitrogen and oxygen atoms in total. The second-order valence-corrected chi connectivity index (χ2v) is 12.4. The summed E-state index contributed by atoms with van der Waals surface area (Å²) in [5, 5.41) is 0.0636. The molecule has 0 aliphatic carbocycles. The van der Waals surface area contributed by atoms with Crippen molar-refractivity contribution in [3.63, 3.8) is 0 Å². The van der Waals surface area contributed by atoms with E-state index in [0.29, 0.717) is 17.3 Å². The fourth-order valence-corrected chi connectivity index (χ4v) is 6.14. The van der Waals surface area contributed by atoms with E-state index in [4.69, 9.17) is 14.2 Å². The van der Waals surface area contributed by atoms with Crippen molar-refractivity contribution < 1.29 is 27.6 Å². The number of ether oxygens (including phenoxy) is 3. The summed E-state index contributed by atoms with van der Waals surface area (Å²) in [6, 6.07) is 17.4. The van der Waals surface area contributed by atoms with Crippen LogP contribution in [0.2, 0.25) is 5.32 Å². The number of hydrogen-bond acceptors (Lipinski definition) is 6. The zero-order valence-electron chi connectivity index (χ0n) is 20.4. The third kappa shape index (κ3) is 7.85. The van der Waals surface area contributed by atoms with Crippen LogP contribution in [0.15, 0.2) is 73.3 Å². The summed E-state index contributed by atoms with van der Waals surface area (Å²) in [7, 11) is 0. The molecule has 0 N–H and O–H groups in total. The third-order valence-corrected chi connectivity index (χ3v) is 8.27. The molecule has 1 saturated heterocycles. The Hall–Kier alpha value is -2.80. The Bertz CT molecular complexity index is 1020. The Kier molecular flexibility index (Phi) is 9.38. The molecule has 2 aromatic carbocycles. The molecule has 1 heterocycles. The Labute approximate surface area is 211 Å². The van der Waals surface area contributed by atoms with Crippen molar-refractivity contribution in [2.24, 2.45) is 0 Å². The molecule has 0 saturated carbocycles. The molecule has 35 heavy (non-hydrogen) atoms. The van der Waals surface area contributed by atoms with E-state index in [1.54, 1.807) is 39.0 Å². The zero-order chi connectivity index (χ0) is 25.4. The Morgan fingerprint density at radius 1 is 1.09 bits per heavy atom. The average Bonchev–Trinajstić information content (AvgIpc) is 3.02. The van der Waals surface area contributed by atoms with E-state index in [1.807, 2.05) is 48.5 Å². The van der Waals surface area contributed by atoms with Crippen LogP contribution in [-0.4, -0.2) is 54.8 Å². The van der Waals surface area contributed by atoms with Gasteiger partial charge in [0.25, 0.3) is 0 Å². The molecule has 8 heteroatoms.